The van der Waals surface area contributed by atoms with Gasteiger partial charge in [-0.25, -0.2) is 0 Å². The van der Waals surface area contributed by atoms with Crippen LogP contribution in [0, 0.1) is 5.92 Å². The fourth-order valence-corrected chi connectivity index (χ4v) is 3.82. The highest BCUT2D eigenvalue weighted by Crippen LogP contribution is 2.28. The van der Waals surface area contributed by atoms with Crippen molar-refractivity contribution in [3.05, 3.63) is 23.8 Å². The molecule has 2 fully saturated rings. The highest BCUT2D eigenvalue weighted by atomic mass is 16.5. The molecule has 0 spiro atoms. The molecule has 0 unspecified atom stereocenters. The molecule has 0 bridgehead atoms. The summed E-state index contributed by atoms with van der Waals surface area (Å²) < 4.78 is 22.1. The van der Waals surface area contributed by atoms with Crippen molar-refractivity contribution in [3.8, 4) is 11.5 Å². The van der Waals surface area contributed by atoms with Gasteiger partial charge in [0.05, 0.1) is 33.5 Å². The van der Waals surface area contributed by atoms with Crippen LogP contribution in [0.25, 0.3) is 0 Å². The topological polar surface area (TPSA) is 43.4 Å². The van der Waals surface area contributed by atoms with Crippen LogP contribution in [0.15, 0.2) is 18.2 Å². The van der Waals surface area contributed by atoms with E-state index in [4.69, 9.17) is 18.9 Å². The van der Waals surface area contributed by atoms with Crippen LogP contribution in [0.3, 0.4) is 0 Å². The Kier molecular flexibility index (Phi) is 6.53. The zero-order chi connectivity index (χ0) is 17.6. The summed E-state index contributed by atoms with van der Waals surface area (Å²) in [5, 5.41) is 0. The third-order valence-corrected chi connectivity index (χ3v) is 5.12. The Bertz CT molecular complexity index is 530. The third-order valence-electron chi connectivity index (χ3n) is 5.12. The number of methoxy groups -OCH3 is 3. The summed E-state index contributed by atoms with van der Waals surface area (Å²) in [6.45, 7) is 7.61. The molecule has 6 heteroatoms. The fraction of sp³-hybridized carbons (Fsp3) is 0.684. The van der Waals surface area contributed by atoms with E-state index in [1.165, 1.54) is 5.56 Å². The Balaban J connectivity index is 1.61. The summed E-state index contributed by atoms with van der Waals surface area (Å²) in [5.41, 5.74) is 1.21. The molecule has 2 saturated heterocycles. The predicted octanol–water partition coefficient (Wildman–Crippen LogP) is 1.48. The summed E-state index contributed by atoms with van der Waals surface area (Å²) in [6.07, 6.45) is 0.333. The van der Waals surface area contributed by atoms with E-state index in [0.717, 1.165) is 64.0 Å². The quantitative estimate of drug-likeness (QED) is 0.742. The van der Waals surface area contributed by atoms with Crippen LogP contribution in [-0.2, 0) is 16.0 Å². The van der Waals surface area contributed by atoms with Crippen LogP contribution in [0.4, 0.5) is 0 Å². The van der Waals surface area contributed by atoms with Gasteiger partial charge in [-0.05, 0) is 17.7 Å². The van der Waals surface area contributed by atoms with Crippen molar-refractivity contribution in [3.63, 3.8) is 0 Å². The summed E-state index contributed by atoms with van der Waals surface area (Å²) in [4.78, 5) is 4.94. The van der Waals surface area contributed by atoms with Crippen molar-refractivity contribution >= 4 is 0 Å². The second-order valence-electron chi connectivity index (χ2n) is 6.88. The van der Waals surface area contributed by atoms with E-state index in [1.807, 2.05) is 6.07 Å². The molecule has 0 radical (unpaired) electrons. The molecule has 6 nitrogen and oxygen atoms in total. The SMILES string of the molecule is COCCN1CCO[C@H]2CN(Cc3cc(OC)cc(OC)c3)C[C@H]2C1. The normalized spacial score (nSPS) is 24.8. The van der Waals surface area contributed by atoms with E-state index >= 15 is 0 Å². The lowest BCUT2D eigenvalue weighted by Crippen LogP contribution is -2.34. The molecule has 0 saturated carbocycles. The van der Waals surface area contributed by atoms with Gasteiger partial charge in [-0.1, -0.05) is 0 Å². The lowest BCUT2D eigenvalue weighted by atomic mass is 10.1. The first kappa shape index (κ1) is 18.5. The molecule has 25 heavy (non-hydrogen) atoms. The number of hydrogen-bond donors (Lipinski definition) is 0. The van der Waals surface area contributed by atoms with Gasteiger partial charge >= 0.3 is 0 Å². The first-order valence-electron chi connectivity index (χ1n) is 8.99. The molecular formula is C19H30N2O4. The van der Waals surface area contributed by atoms with Gasteiger partial charge in [0.1, 0.15) is 11.5 Å². The summed E-state index contributed by atoms with van der Waals surface area (Å²) >= 11 is 0. The third kappa shape index (κ3) is 4.85. The van der Waals surface area contributed by atoms with Gasteiger partial charge in [0, 0.05) is 58.4 Å². The monoisotopic (exact) mass is 350 g/mol. The van der Waals surface area contributed by atoms with E-state index in [-0.39, 0.29) is 0 Å². The smallest absolute Gasteiger partial charge is 0.122 e. The summed E-state index contributed by atoms with van der Waals surface area (Å²) in [5.74, 6) is 2.24. The maximum atomic E-state index is 6.12. The van der Waals surface area contributed by atoms with E-state index in [2.05, 4.69) is 21.9 Å². The van der Waals surface area contributed by atoms with Crippen LogP contribution in [0.5, 0.6) is 11.5 Å². The molecule has 0 N–H and O–H groups in total. The lowest BCUT2D eigenvalue weighted by Gasteiger charge is -2.23. The zero-order valence-electron chi connectivity index (χ0n) is 15.6. The average molecular weight is 350 g/mol. The van der Waals surface area contributed by atoms with Crippen molar-refractivity contribution in [2.75, 3.05) is 67.3 Å². The van der Waals surface area contributed by atoms with E-state index in [0.29, 0.717) is 12.0 Å². The molecule has 0 aliphatic carbocycles. The zero-order valence-corrected chi connectivity index (χ0v) is 15.6. The van der Waals surface area contributed by atoms with E-state index in [1.54, 1.807) is 21.3 Å². The van der Waals surface area contributed by atoms with Crippen molar-refractivity contribution in [2.24, 2.45) is 5.92 Å². The lowest BCUT2D eigenvalue weighted by molar-refractivity contribution is 0.0507. The maximum absolute atomic E-state index is 6.12. The van der Waals surface area contributed by atoms with Gasteiger partial charge in [-0.2, -0.15) is 0 Å². The van der Waals surface area contributed by atoms with Gasteiger partial charge in [0.15, 0.2) is 0 Å². The number of ether oxygens (including phenoxy) is 4. The van der Waals surface area contributed by atoms with Crippen LogP contribution < -0.4 is 9.47 Å². The van der Waals surface area contributed by atoms with Gasteiger partial charge < -0.3 is 18.9 Å². The number of rotatable bonds is 7. The number of benzene rings is 1. The van der Waals surface area contributed by atoms with Gasteiger partial charge in [-0.15, -0.1) is 0 Å². The molecule has 1 aromatic rings. The minimum absolute atomic E-state index is 0.333. The van der Waals surface area contributed by atoms with Gasteiger partial charge in [-0.3, -0.25) is 9.80 Å². The van der Waals surface area contributed by atoms with Crippen molar-refractivity contribution < 1.29 is 18.9 Å². The minimum Gasteiger partial charge on any atom is -0.497 e. The fourth-order valence-electron chi connectivity index (χ4n) is 3.82. The largest absolute Gasteiger partial charge is 0.497 e. The average Bonchev–Trinajstić information content (AvgIpc) is 2.89. The number of hydrogen-bond acceptors (Lipinski definition) is 6. The maximum Gasteiger partial charge on any atom is 0.122 e. The second-order valence-corrected chi connectivity index (χ2v) is 6.88. The van der Waals surface area contributed by atoms with Crippen molar-refractivity contribution in [1.29, 1.82) is 0 Å². The number of fused-ring (bicyclic) bond motifs is 1. The Hall–Kier alpha value is -1.34. The molecule has 2 heterocycles. The van der Waals surface area contributed by atoms with Crippen LogP contribution in [-0.4, -0.2) is 83.2 Å². The Morgan fingerprint density at radius 1 is 1.00 bits per heavy atom. The molecule has 0 aromatic heterocycles. The number of likely N-dealkylation sites (tertiary alicyclic amines) is 1. The molecule has 2 atom stereocenters. The van der Waals surface area contributed by atoms with Crippen LogP contribution in [0.1, 0.15) is 5.56 Å². The van der Waals surface area contributed by atoms with Crippen LogP contribution in [0.2, 0.25) is 0 Å². The summed E-state index contributed by atoms with van der Waals surface area (Å²) in [6, 6.07) is 6.08. The molecule has 0 amide bonds. The molecule has 3 rings (SSSR count). The van der Waals surface area contributed by atoms with E-state index < -0.39 is 0 Å². The molecule has 1 aromatic carbocycles. The number of nitrogens with zero attached hydrogens (tertiary/aromatic N) is 2. The highest BCUT2D eigenvalue weighted by Gasteiger charge is 2.36. The Morgan fingerprint density at radius 3 is 2.40 bits per heavy atom. The molecule has 140 valence electrons. The van der Waals surface area contributed by atoms with Crippen LogP contribution >= 0.6 is 0 Å². The molecule has 2 aliphatic heterocycles. The molecule has 2 aliphatic rings. The Labute approximate surface area is 150 Å². The highest BCUT2D eigenvalue weighted by molar-refractivity contribution is 5.38. The van der Waals surface area contributed by atoms with Gasteiger partial charge in [0.25, 0.3) is 0 Å². The van der Waals surface area contributed by atoms with Crippen molar-refractivity contribution in [1.82, 2.24) is 9.80 Å². The standard InChI is InChI=1S/C19H30N2O4/c1-22-6-4-20-5-7-25-19-14-21(13-16(19)12-20)11-15-8-17(23-2)10-18(9-15)24-3/h8-10,16,19H,4-7,11-14H2,1-3H3/t16-,19+/m1/s1. The Morgan fingerprint density at radius 2 is 1.72 bits per heavy atom. The van der Waals surface area contributed by atoms with Crippen molar-refractivity contribution in [2.45, 2.75) is 12.6 Å². The minimum atomic E-state index is 0.333. The predicted molar refractivity (Wildman–Crippen MR) is 96.4 cm³/mol. The molecular weight excluding hydrogens is 320 g/mol. The van der Waals surface area contributed by atoms with Gasteiger partial charge in [0.2, 0.25) is 0 Å². The second kappa shape index (κ2) is 8.85. The summed E-state index contributed by atoms with van der Waals surface area (Å²) in [7, 11) is 5.14. The first-order valence-corrected chi connectivity index (χ1v) is 8.99. The van der Waals surface area contributed by atoms with E-state index in [9.17, 15) is 0 Å². The first-order chi connectivity index (χ1) is 12.2.